The van der Waals surface area contributed by atoms with Gasteiger partial charge in [0.15, 0.2) is 11.5 Å². The van der Waals surface area contributed by atoms with Gasteiger partial charge in [-0.15, -0.1) is 0 Å². The van der Waals surface area contributed by atoms with Crippen molar-refractivity contribution in [3.8, 4) is 17.2 Å². The monoisotopic (exact) mass is 404 g/mol. The summed E-state index contributed by atoms with van der Waals surface area (Å²) in [6, 6.07) is 12.8. The van der Waals surface area contributed by atoms with Crippen LogP contribution < -0.4 is 14.2 Å². The van der Waals surface area contributed by atoms with Crippen LogP contribution in [0.5, 0.6) is 17.2 Å². The number of hydrogen-bond donors (Lipinski definition) is 0. The summed E-state index contributed by atoms with van der Waals surface area (Å²) in [6.45, 7) is 4.25. The molecule has 1 aliphatic rings. The molecule has 1 heterocycles. The maximum atomic E-state index is 12.9. The highest BCUT2D eigenvalue weighted by atomic mass is 35.5. The van der Waals surface area contributed by atoms with E-state index in [0.717, 1.165) is 19.6 Å². The van der Waals surface area contributed by atoms with Crippen LogP contribution in [0.15, 0.2) is 42.5 Å². The predicted octanol–water partition coefficient (Wildman–Crippen LogP) is 3.19. The van der Waals surface area contributed by atoms with Crippen molar-refractivity contribution in [1.29, 1.82) is 0 Å². The van der Waals surface area contributed by atoms with Gasteiger partial charge in [0.1, 0.15) is 12.4 Å². The molecule has 0 saturated carbocycles. The molecule has 0 unspecified atom stereocenters. The molecule has 1 fully saturated rings. The molecule has 3 rings (SSSR count). The van der Waals surface area contributed by atoms with E-state index in [1.807, 2.05) is 29.2 Å². The van der Waals surface area contributed by atoms with Crippen LogP contribution in [0.4, 0.5) is 0 Å². The molecule has 2 aromatic rings. The molecular formula is C21H25ClN2O4. The van der Waals surface area contributed by atoms with Gasteiger partial charge in [-0.05, 0) is 24.3 Å². The Kier molecular flexibility index (Phi) is 7.01. The number of halogens is 1. The van der Waals surface area contributed by atoms with E-state index < -0.39 is 0 Å². The van der Waals surface area contributed by atoms with Gasteiger partial charge in [-0.3, -0.25) is 9.69 Å². The molecule has 0 radical (unpaired) electrons. The van der Waals surface area contributed by atoms with Gasteiger partial charge in [-0.1, -0.05) is 29.8 Å². The standard InChI is InChI=1S/C21H25ClN2O4/c1-26-19-9-5-6-16(20(19)27-2)21(25)24-12-10-23(11-13-24)14-15-28-18-8-4-3-7-17(18)22/h3-9H,10-15H2,1-2H3. The lowest BCUT2D eigenvalue weighted by Gasteiger charge is -2.34. The molecule has 1 saturated heterocycles. The molecule has 0 aliphatic carbocycles. The third kappa shape index (κ3) is 4.69. The van der Waals surface area contributed by atoms with Crippen molar-refractivity contribution < 1.29 is 19.0 Å². The summed E-state index contributed by atoms with van der Waals surface area (Å²) in [7, 11) is 3.11. The Morgan fingerprint density at radius 3 is 2.36 bits per heavy atom. The average molecular weight is 405 g/mol. The highest BCUT2D eigenvalue weighted by Crippen LogP contribution is 2.31. The van der Waals surface area contributed by atoms with Crippen molar-refractivity contribution in [2.75, 3.05) is 53.6 Å². The lowest BCUT2D eigenvalue weighted by molar-refractivity contribution is 0.0616. The minimum absolute atomic E-state index is 0.0392. The van der Waals surface area contributed by atoms with Crippen molar-refractivity contribution in [2.45, 2.75) is 0 Å². The predicted molar refractivity (Wildman–Crippen MR) is 109 cm³/mol. The second kappa shape index (κ2) is 9.66. The first-order valence-electron chi connectivity index (χ1n) is 9.24. The highest BCUT2D eigenvalue weighted by Gasteiger charge is 2.25. The largest absolute Gasteiger partial charge is 0.493 e. The zero-order chi connectivity index (χ0) is 19.9. The highest BCUT2D eigenvalue weighted by molar-refractivity contribution is 6.32. The Morgan fingerprint density at radius 1 is 0.964 bits per heavy atom. The van der Waals surface area contributed by atoms with Crippen LogP contribution in [0.1, 0.15) is 10.4 Å². The van der Waals surface area contributed by atoms with Crippen molar-refractivity contribution in [1.82, 2.24) is 9.80 Å². The number of methoxy groups -OCH3 is 2. The normalized spacial score (nSPS) is 14.6. The fourth-order valence-electron chi connectivity index (χ4n) is 3.25. The number of nitrogens with zero attached hydrogens (tertiary/aromatic N) is 2. The van der Waals surface area contributed by atoms with Crippen LogP contribution in [-0.4, -0.2) is 69.3 Å². The Bertz CT molecular complexity index is 807. The second-order valence-electron chi connectivity index (χ2n) is 6.45. The molecule has 1 amide bonds. The first kappa shape index (κ1) is 20.3. The van der Waals surface area contributed by atoms with Crippen molar-refractivity contribution in [2.24, 2.45) is 0 Å². The van der Waals surface area contributed by atoms with Crippen LogP contribution in [0, 0.1) is 0 Å². The summed E-state index contributed by atoms with van der Waals surface area (Å²) in [4.78, 5) is 17.1. The summed E-state index contributed by atoms with van der Waals surface area (Å²) < 4.78 is 16.4. The van der Waals surface area contributed by atoms with E-state index >= 15 is 0 Å². The number of para-hydroxylation sites is 2. The van der Waals surface area contributed by atoms with Gasteiger partial charge in [-0.25, -0.2) is 0 Å². The number of ether oxygens (including phenoxy) is 3. The SMILES string of the molecule is COc1cccc(C(=O)N2CCN(CCOc3ccccc3Cl)CC2)c1OC. The van der Waals surface area contributed by atoms with Crippen molar-refractivity contribution >= 4 is 17.5 Å². The fraction of sp³-hybridized carbons (Fsp3) is 0.381. The fourth-order valence-corrected chi connectivity index (χ4v) is 3.44. The van der Waals surface area contributed by atoms with E-state index in [1.54, 1.807) is 32.4 Å². The summed E-state index contributed by atoms with van der Waals surface area (Å²) in [5.74, 6) is 1.69. The van der Waals surface area contributed by atoms with Gasteiger partial charge < -0.3 is 19.1 Å². The van der Waals surface area contributed by atoms with Gasteiger partial charge in [0.05, 0.1) is 24.8 Å². The second-order valence-corrected chi connectivity index (χ2v) is 6.86. The van der Waals surface area contributed by atoms with Crippen LogP contribution >= 0.6 is 11.6 Å². The van der Waals surface area contributed by atoms with Gasteiger partial charge in [0.25, 0.3) is 5.91 Å². The molecule has 2 aromatic carbocycles. The lowest BCUT2D eigenvalue weighted by Crippen LogP contribution is -2.49. The molecule has 0 atom stereocenters. The Balaban J connectivity index is 1.51. The van der Waals surface area contributed by atoms with E-state index in [2.05, 4.69) is 4.90 Å². The van der Waals surface area contributed by atoms with Crippen LogP contribution in [0.25, 0.3) is 0 Å². The maximum Gasteiger partial charge on any atom is 0.257 e. The van der Waals surface area contributed by atoms with E-state index in [0.29, 0.717) is 47.5 Å². The van der Waals surface area contributed by atoms with Gasteiger partial charge >= 0.3 is 0 Å². The third-order valence-electron chi connectivity index (χ3n) is 4.79. The molecular weight excluding hydrogens is 380 g/mol. The van der Waals surface area contributed by atoms with Crippen molar-refractivity contribution in [3.05, 3.63) is 53.1 Å². The molecule has 0 spiro atoms. The molecule has 28 heavy (non-hydrogen) atoms. The lowest BCUT2D eigenvalue weighted by atomic mass is 10.1. The minimum atomic E-state index is -0.0392. The number of piperazine rings is 1. The summed E-state index contributed by atoms with van der Waals surface area (Å²) in [5.41, 5.74) is 0.525. The summed E-state index contributed by atoms with van der Waals surface area (Å²) in [5, 5.41) is 0.616. The molecule has 1 aliphatic heterocycles. The quantitative estimate of drug-likeness (QED) is 0.709. The number of amides is 1. The number of rotatable bonds is 7. The van der Waals surface area contributed by atoms with E-state index in [9.17, 15) is 4.79 Å². The van der Waals surface area contributed by atoms with E-state index in [-0.39, 0.29) is 5.91 Å². The zero-order valence-electron chi connectivity index (χ0n) is 16.2. The van der Waals surface area contributed by atoms with Crippen LogP contribution in [0.3, 0.4) is 0 Å². The molecule has 0 N–H and O–H groups in total. The van der Waals surface area contributed by atoms with Gasteiger partial charge in [0, 0.05) is 32.7 Å². The summed E-state index contributed by atoms with van der Waals surface area (Å²) in [6.07, 6.45) is 0. The topological polar surface area (TPSA) is 51.2 Å². The average Bonchev–Trinajstić information content (AvgIpc) is 2.74. The van der Waals surface area contributed by atoms with Gasteiger partial charge in [0.2, 0.25) is 0 Å². The van der Waals surface area contributed by atoms with Crippen molar-refractivity contribution in [3.63, 3.8) is 0 Å². The Labute approximate surface area is 170 Å². The first-order valence-corrected chi connectivity index (χ1v) is 9.61. The Morgan fingerprint density at radius 2 is 1.68 bits per heavy atom. The maximum absolute atomic E-state index is 12.9. The number of carbonyl (C=O) groups excluding carboxylic acids is 1. The van der Waals surface area contributed by atoms with Gasteiger partial charge in [-0.2, -0.15) is 0 Å². The van der Waals surface area contributed by atoms with Crippen LogP contribution in [-0.2, 0) is 0 Å². The van der Waals surface area contributed by atoms with E-state index in [4.69, 9.17) is 25.8 Å². The molecule has 0 bridgehead atoms. The number of carbonyl (C=O) groups is 1. The molecule has 150 valence electrons. The Hall–Kier alpha value is -2.44. The van der Waals surface area contributed by atoms with E-state index in [1.165, 1.54) is 0 Å². The smallest absolute Gasteiger partial charge is 0.257 e. The summed E-state index contributed by atoms with van der Waals surface area (Å²) >= 11 is 6.10. The molecule has 7 heteroatoms. The van der Waals surface area contributed by atoms with Crippen LogP contribution in [0.2, 0.25) is 5.02 Å². The number of hydrogen-bond acceptors (Lipinski definition) is 5. The molecule has 0 aromatic heterocycles. The zero-order valence-corrected chi connectivity index (χ0v) is 16.9. The first-order chi connectivity index (χ1) is 13.6. The molecule has 6 nitrogen and oxygen atoms in total. The minimum Gasteiger partial charge on any atom is -0.493 e. The number of benzene rings is 2. The third-order valence-corrected chi connectivity index (χ3v) is 5.11.